The monoisotopic (exact) mass is 310 g/mol. The van der Waals surface area contributed by atoms with E-state index in [0.717, 1.165) is 0 Å². The Morgan fingerprint density at radius 1 is 1.27 bits per heavy atom. The van der Waals surface area contributed by atoms with Crippen LogP contribution in [0.2, 0.25) is 0 Å². The molecule has 1 saturated heterocycles. The Morgan fingerprint density at radius 3 is 2.68 bits per heavy atom. The number of hydrazine groups is 1. The zero-order chi connectivity index (χ0) is 15.9. The maximum absolute atomic E-state index is 10.1. The fourth-order valence-electron chi connectivity index (χ4n) is 2.44. The highest BCUT2D eigenvalue weighted by molar-refractivity contribution is 5.82. The van der Waals surface area contributed by atoms with Crippen LogP contribution in [0.5, 0.6) is 0 Å². The average Bonchev–Trinajstić information content (AvgIpc) is 3.02. The van der Waals surface area contributed by atoms with Crippen LogP contribution in [-0.2, 0) is 4.74 Å². The Bertz CT molecular complexity index is 662. The van der Waals surface area contributed by atoms with E-state index >= 15 is 0 Å². The Balaban J connectivity index is 1.99. The molecule has 1 aliphatic rings. The summed E-state index contributed by atoms with van der Waals surface area (Å²) in [7, 11) is 3.63. The molecule has 1 aliphatic heterocycles. The molecule has 0 radical (unpaired) electrons. The van der Waals surface area contributed by atoms with Crippen LogP contribution >= 0.6 is 0 Å². The molecule has 2 aromatic rings. The Morgan fingerprint density at radius 2 is 2.05 bits per heavy atom. The highest BCUT2D eigenvalue weighted by Crippen LogP contribution is 2.31. The molecule has 3 heterocycles. The summed E-state index contributed by atoms with van der Waals surface area (Å²) in [4.78, 5) is 12.5. The molecule has 0 bridgehead atoms. The van der Waals surface area contributed by atoms with Crippen molar-refractivity contribution in [1.82, 2.24) is 24.5 Å². The predicted molar refractivity (Wildman–Crippen MR) is 75.6 cm³/mol. The maximum atomic E-state index is 10.1. The highest BCUT2D eigenvalue weighted by atomic mass is 16.6. The van der Waals surface area contributed by atoms with Gasteiger partial charge in [-0.25, -0.2) is 20.0 Å². The van der Waals surface area contributed by atoms with Gasteiger partial charge in [-0.05, 0) is 0 Å². The fraction of sp³-hybridized carbons (Fsp3) is 0.583. The van der Waals surface area contributed by atoms with E-state index in [1.165, 1.54) is 17.2 Å². The largest absolute Gasteiger partial charge is 0.394 e. The van der Waals surface area contributed by atoms with Gasteiger partial charge >= 0.3 is 0 Å². The van der Waals surface area contributed by atoms with E-state index in [1.54, 1.807) is 5.01 Å². The molecule has 0 spiro atoms. The van der Waals surface area contributed by atoms with E-state index < -0.39 is 24.5 Å². The van der Waals surface area contributed by atoms with Crippen molar-refractivity contribution in [1.29, 1.82) is 0 Å². The minimum absolute atomic E-state index is 0.385. The quantitative estimate of drug-likeness (QED) is 0.490. The summed E-state index contributed by atoms with van der Waals surface area (Å²) in [6.07, 6.45) is -1.25. The third-order valence-electron chi connectivity index (χ3n) is 3.48. The molecule has 10 heteroatoms. The van der Waals surface area contributed by atoms with E-state index in [1.807, 2.05) is 14.1 Å². The lowest BCUT2D eigenvalue weighted by Crippen LogP contribution is -2.33. The van der Waals surface area contributed by atoms with Gasteiger partial charge in [-0.2, -0.15) is 0 Å². The van der Waals surface area contributed by atoms with Crippen molar-refractivity contribution in [3.8, 4) is 0 Å². The fourth-order valence-corrected chi connectivity index (χ4v) is 2.44. The molecular weight excluding hydrogens is 292 g/mol. The summed E-state index contributed by atoms with van der Waals surface area (Å²) in [5.41, 5.74) is 3.97. The van der Waals surface area contributed by atoms with Crippen molar-refractivity contribution < 1.29 is 20.1 Å². The number of aliphatic hydroxyl groups is 3. The Labute approximate surface area is 126 Å². The molecule has 0 unspecified atom stereocenters. The van der Waals surface area contributed by atoms with Crippen molar-refractivity contribution in [2.24, 2.45) is 0 Å². The molecule has 4 atom stereocenters. The molecule has 10 nitrogen and oxygen atoms in total. The summed E-state index contributed by atoms with van der Waals surface area (Å²) in [6.45, 7) is -0.385. The van der Waals surface area contributed by atoms with Gasteiger partial charge in [-0.1, -0.05) is 0 Å². The van der Waals surface area contributed by atoms with Gasteiger partial charge in [0.15, 0.2) is 23.2 Å². The number of aromatic nitrogens is 4. The number of nitrogens with one attached hydrogen (secondary N) is 1. The molecule has 2 aromatic heterocycles. The van der Waals surface area contributed by atoms with E-state index in [2.05, 4.69) is 20.4 Å². The minimum Gasteiger partial charge on any atom is -0.394 e. The SMILES string of the molecule is CN(C)Nc1ncnc2c1ncn2[C@@H]1O[C@H](CO)[C@@H](O)[C@H]1O. The highest BCUT2D eigenvalue weighted by Gasteiger charge is 2.44. The number of nitrogens with zero attached hydrogens (tertiary/aromatic N) is 5. The normalized spacial score (nSPS) is 28.6. The standard InChI is InChI=1S/C12H18N6O4/c1-17(2)16-10-7-11(14-4-13-10)18(5-15-7)12-9(21)8(20)6(3-19)22-12/h4-6,8-9,12,19-21H,3H2,1-2H3,(H,13,14,16)/t6-,8-,9-,12-/m1/s1. The van der Waals surface area contributed by atoms with Crippen molar-refractivity contribution in [2.75, 3.05) is 26.1 Å². The van der Waals surface area contributed by atoms with Crippen LogP contribution in [0.4, 0.5) is 5.82 Å². The lowest BCUT2D eigenvalue weighted by atomic mass is 10.1. The van der Waals surface area contributed by atoms with Gasteiger partial charge in [0.2, 0.25) is 0 Å². The molecule has 3 rings (SSSR count). The smallest absolute Gasteiger partial charge is 0.172 e. The Hall–Kier alpha value is -1.85. The number of hydrogen-bond acceptors (Lipinski definition) is 9. The lowest BCUT2D eigenvalue weighted by Gasteiger charge is -2.17. The molecular formula is C12H18N6O4. The van der Waals surface area contributed by atoms with Crippen molar-refractivity contribution in [2.45, 2.75) is 24.5 Å². The number of anilines is 1. The van der Waals surface area contributed by atoms with Gasteiger partial charge in [0.1, 0.15) is 24.6 Å². The van der Waals surface area contributed by atoms with Gasteiger partial charge < -0.3 is 25.5 Å². The first-order valence-electron chi connectivity index (χ1n) is 6.77. The van der Waals surface area contributed by atoms with E-state index in [0.29, 0.717) is 17.0 Å². The van der Waals surface area contributed by atoms with E-state index in [4.69, 9.17) is 9.84 Å². The van der Waals surface area contributed by atoms with Gasteiger partial charge in [0.25, 0.3) is 0 Å². The molecule has 0 aliphatic carbocycles. The third kappa shape index (κ3) is 2.40. The number of aliphatic hydroxyl groups excluding tert-OH is 3. The van der Waals surface area contributed by atoms with Crippen LogP contribution in [0, 0.1) is 0 Å². The number of fused-ring (bicyclic) bond motifs is 1. The van der Waals surface area contributed by atoms with Gasteiger partial charge in [0, 0.05) is 14.1 Å². The van der Waals surface area contributed by atoms with Crippen LogP contribution < -0.4 is 5.43 Å². The summed E-state index contributed by atoms with van der Waals surface area (Å²) in [6, 6.07) is 0. The van der Waals surface area contributed by atoms with Crippen LogP contribution in [0.25, 0.3) is 11.2 Å². The van der Waals surface area contributed by atoms with Gasteiger partial charge in [0.05, 0.1) is 12.9 Å². The summed E-state index contributed by atoms with van der Waals surface area (Å²) < 4.78 is 7.01. The number of ether oxygens (including phenoxy) is 1. The lowest BCUT2D eigenvalue weighted by molar-refractivity contribution is -0.0511. The van der Waals surface area contributed by atoms with Gasteiger partial charge in [-0.15, -0.1) is 0 Å². The average molecular weight is 310 g/mol. The van der Waals surface area contributed by atoms with E-state index in [-0.39, 0.29) is 6.61 Å². The molecule has 1 fully saturated rings. The van der Waals surface area contributed by atoms with E-state index in [9.17, 15) is 10.2 Å². The zero-order valence-electron chi connectivity index (χ0n) is 12.2. The van der Waals surface area contributed by atoms with Crippen molar-refractivity contribution in [3.05, 3.63) is 12.7 Å². The third-order valence-corrected chi connectivity index (χ3v) is 3.48. The predicted octanol–water partition coefficient (Wildman–Crippen LogP) is -1.67. The molecule has 0 aromatic carbocycles. The summed E-state index contributed by atoms with van der Waals surface area (Å²) in [5.74, 6) is 0.514. The van der Waals surface area contributed by atoms with Crippen LogP contribution in [0.15, 0.2) is 12.7 Å². The van der Waals surface area contributed by atoms with Gasteiger partial charge in [-0.3, -0.25) is 4.57 Å². The topological polar surface area (TPSA) is 129 Å². The summed E-state index contributed by atoms with van der Waals surface area (Å²) in [5, 5.41) is 30.8. The number of hydrogen-bond donors (Lipinski definition) is 4. The second kappa shape index (κ2) is 5.74. The second-order valence-corrected chi connectivity index (χ2v) is 5.28. The first-order chi connectivity index (χ1) is 10.5. The minimum atomic E-state index is -1.19. The van der Waals surface area contributed by atoms with Crippen LogP contribution in [-0.4, -0.2) is 78.9 Å². The molecule has 0 saturated carbocycles. The molecule has 0 amide bonds. The maximum Gasteiger partial charge on any atom is 0.172 e. The molecule has 22 heavy (non-hydrogen) atoms. The zero-order valence-corrected chi connectivity index (χ0v) is 12.2. The Kier molecular flexibility index (Phi) is 3.93. The van der Waals surface area contributed by atoms with Crippen molar-refractivity contribution in [3.63, 3.8) is 0 Å². The molecule has 120 valence electrons. The first kappa shape index (κ1) is 15.1. The number of rotatable bonds is 4. The van der Waals surface area contributed by atoms with Crippen LogP contribution in [0.1, 0.15) is 6.23 Å². The second-order valence-electron chi connectivity index (χ2n) is 5.28. The first-order valence-corrected chi connectivity index (χ1v) is 6.77. The van der Waals surface area contributed by atoms with Crippen LogP contribution in [0.3, 0.4) is 0 Å². The van der Waals surface area contributed by atoms with Crippen molar-refractivity contribution >= 4 is 17.0 Å². The molecule has 4 N–H and O–H groups in total. The number of imidazole rings is 1. The summed E-state index contributed by atoms with van der Waals surface area (Å²) >= 11 is 0.